The molecule has 0 aromatic heterocycles. The maximum atomic E-state index is 11.4. The molecule has 0 atom stereocenters. The van der Waals surface area contributed by atoms with Crippen molar-refractivity contribution >= 4 is 28.8 Å². The van der Waals surface area contributed by atoms with Gasteiger partial charge in [-0.05, 0) is 31.2 Å². The molecule has 0 aliphatic carbocycles. The number of piperidine rings is 1. The number of nitrogens with two attached hydrogens (primary N) is 1. The fraction of sp³-hybridized carbons (Fsp3) is 0.286. The lowest BCUT2D eigenvalue weighted by atomic mass is 9.99. The second-order valence-corrected chi connectivity index (χ2v) is 4.85. The van der Waals surface area contributed by atoms with Crippen molar-refractivity contribution in [1.29, 1.82) is 0 Å². The Morgan fingerprint density at radius 1 is 1.47 bits per heavy atom. The highest BCUT2D eigenvalue weighted by Gasteiger charge is 2.18. The number of carbonyl (C=O) groups excluding carboxylic acids is 1. The van der Waals surface area contributed by atoms with Crippen LogP contribution in [0.5, 0.6) is 0 Å². The number of allylic oxidation sites excluding steroid dienone is 1. The van der Waals surface area contributed by atoms with E-state index in [1.54, 1.807) is 12.1 Å². The van der Waals surface area contributed by atoms with E-state index < -0.39 is 0 Å². The molecule has 2 rings (SSSR count). The molecule has 1 aliphatic heterocycles. The summed E-state index contributed by atoms with van der Waals surface area (Å²) in [4.78, 5) is 16.0. The third kappa shape index (κ3) is 3.43. The van der Waals surface area contributed by atoms with Gasteiger partial charge in [0, 0.05) is 24.1 Å². The number of carbonyl (C=O) groups is 1. The van der Waals surface area contributed by atoms with Crippen LogP contribution in [0, 0.1) is 0 Å². The number of Topliss-reactive ketones (excluding diaryl/α,β-unsaturated/α-hetero) is 1. The zero-order valence-electron chi connectivity index (χ0n) is 10.7. The van der Waals surface area contributed by atoms with E-state index in [1.165, 1.54) is 6.92 Å². The number of aliphatic imine (C=N–C) groups is 1. The average Bonchev–Trinajstić information content (AvgIpc) is 2.38. The topological polar surface area (TPSA) is 67.5 Å². The first kappa shape index (κ1) is 13.8. The second kappa shape index (κ2) is 5.99. The largest absolute Gasteiger partial charge is 0.396 e. The lowest BCUT2D eigenvalue weighted by molar-refractivity contribution is -0.113. The smallest absolute Gasteiger partial charge is 0.175 e. The van der Waals surface area contributed by atoms with Crippen LogP contribution in [0.15, 0.2) is 40.5 Å². The van der Waals surface area contributed by atoms with Gasteiger partial charge in [0.15, 0.2) is 5.78 Å². The Balaban J connectivity index is 2.40. The van der Waals surface area contributed by atoms with Gasteiger partial charge in [-0.1, -0.05) is 17.7 Å². The van der Waals surface area contributed by atoms with E-state index in [0.717, 1.165) is 23.5 Å². The van der Waals surface area contributed by atoms with Crippen LogP contribution in [0.3, 0.4) is 0 Å². The molecule has 1 aromatic carbocycles. The molecular formula is C14H16ClN3O. The predicted molar refractivity (Wildman–Crippen MR) is 77.9 cm³/mol. The van der Waals surface area contributed by atoms with Crippen LogP contribution in [-0.2, 0) is 4.79 Å². The minimum Gasteiger partial charge on any atom is -0.396 e. The summed E-state index contributed by atoms with van der Waals surface area (Å²) >= 11 is 5.94. The Bertz CT molecular complexity index is 564. The fourth-order valence-electron chi connectivity index (χ4n) is 1.98. The van der Waals surface area contributed by atoms with Crippen molar-refractivity contribution in [2.45, 2.75) is 13.3 Å². The van der Waals surface area contributed by atoms with Gasteiger partial charge >= 0.3 is 0 Å². The molecule has 19 heavy (non-hydrogen) atoms. The number of nitrogens with one attached hydrogen (secondary N) is 1. The molecule has 1 saturated heterocycles. The molecule has 0 spiro atoms. The number of nitrogens with zero attached hydrogens (tertiary/aromatic N) is 1. The van der Waals surface area contributed by atoms with Crippen molar-refractivity contribution in [2.24, 2.45) is 10.7 Å². The Morgan fingerprint density at radius 2 is 2.26 bits per heavy atom. The summed E-state index contributed by atoms with van der Waals surface area (Å²) in [6.07, 6.45) is 0.713. The minimum absolute atomic E-state index is 0.115. The van der Waals surface area contributed by atoms with Crippen molar-refractivity contribution in [3.05, 3.63) is 40.6 Å². The predicted octanol–water partition coefficient (Wildman–Crippen LogP) is 2.21. The number of hydrogen-bond donors (Lipinski definition) is 2. The maximum absolute atomic E-state index is 11.4. The summed E-state index contributed by atoms with van der Waals surface area (Å²) in [6, 6.07) is 7.29. The van der Waals surface area contributed by atoms with E-state index in [2.05, 4.69) is 10.3 Å². The molecule has 0 radical (unpaired) electrons. The van der Waals surface area contributed by atoms with Crippen LogP contribution < -0.4 is 11.1 Å². The van der Waals surface area contributed by atoms with Crippen molar-refractivity contribution in [2.75, 3.05) is 13.1 Å². The molecule has 0 amide bonds. The summed E-state index contributed by atoms with van der Waals surface area (Å²) in [5, 5.41) is 3.86. The van der Waals surface area contributed by atoms with Gasteiger partial charge in [0.1, 0.15) is 0 Å². The van der Waals surface area contributed by atoms with Gasteiger partial charge in [-0.15, -0.1) is 0 Å². The zero-order valence-corrected chi connectivity index (χ0v) is 11.5. The first-order valence-electron chi connectivity index (χ1n) is 6.11. The van der Waals surface area contributed by atoms with Gasteiger partial charge in [-0.25, -0.2) is 0 Å². The van der Waals surface area contributed by atoms with Crippen LogP contribution >= 0.6 is 11.6 Å². The van der Waals surface area contributed by atoms with E-state index in [9.17, 15) is 4.79 Å². The monoisotopic (exact) mass is 277 g/mol. The van der Waals surface area contributed by atoms with Gasteiger partial charge in [0.25, 0.3) is 0 Å². The van der Waals surface area contributed by atoms with Crippen molar-refractivity contribution in [1.82, 2.24) is 5.32 Å². The number of benzene rings is 1. The van der Waals surface area contributed by atoms with Gasteiger partial charge in [-0.3, -0.25) is 9.79 Å². The summed E-state index contributed by atoms with van der Waals surface area (Å²) in [7, 11) is 0. The summed E-state index contributed by atoms with van der Waals surface area (Å²) in [5.74, 6) is -0.115. The standard InChI is InChI=1S/C14H16ClN3O/c1-9(19)14(16)12-5-6-17-8-13(12)18-11-4-2-3-10(15)7-11/h2-4,7,17H,5-6,8,16H2,1H3/b14-12-,18-13?. The van der Waals surface area contributed by atoms with Crippen molar-refractivity contribution in [3.63, 3.8) is 0 Å². The Hall–Kier alpha value is -1.65. The van der Waals surface area contributed by atoms with Crippen LogP contribution in [0.25, 0.3) is 0 Å². The summed E-state index contributed by atoms with van der Waals surface area (Å²) in [6.45, 7) is 2.88. The average molecular weight is 278 g/mol. The quantitative estimate of drug-likeness (QED) is 0.815. The molecule has 100 valence electrons. The zero-order chi connectivity index (χ0) is 13.8. The first-order valence-corrected chi connectivity index (χ1v) is 6.49. The third-order valence-electron chi connectivity index (χ3n) is 2.97. The Labute approximate surface area is 117 Å². The Morgan fingerprint density at radius 3 is 2.95 bits per heavy atom. The maximum Gasteiger partial charge on any atom is 0.175 e. The number of halogens is 1. The van der Waals surface area contributed by atoms with E-state index in [1.807, 2.05) is 12.1 Å². The molecule has 0 bridgehead atoms. The molecule has 4 nitrogen and oxygen atoms in total. The first-order chi connectivity index (χ1) is 9.08. The van der Waals surface area contributed by atoms with Crippen LogP contribution in [0.4, 0.5) is 5.69 Å². The van der Waals surface area contributed by atoms with E-state index in [-0.39, 0.29) is 5.78 Å². The molecule has 0 unspecified atom stereocenters. The van der Waals surface area contributed by atoms with Crippen molar-refractivity contribution in [3.8, 4) is 0 Å². The lowest BCUT2D eigenvalue weighted by Crippen LogP contribution is -2.34. The molecule has 0 saturated carbocycles. The SMILES string of the molecule is CC(=O)/C(N)=C1\CCNCC1=Nc1cccc(Cl)c1. The molecule has 1 aliphatic rings. The molecular weight excluding hydrogens is 262 g/mol. The Kier molecular flexibility index (Phi) is 4.35. The number of hydrogen-bond acceptors (Lipinski definition) is 4. The van der Waals surface area contributed by atoms with Crippen LogP contribution in [0.2, 0.25) is 5.02 Å². The lowest BCUT2D eigenvalue weighted by Gasteiger charge is -2.20. The normalized spacial score (nSPS) is 20.4. The molecule has 3 N–H and O–H groups in total. The summed E-state index contributed by atoms with van der Waals surface area (Å²) in [5.41, 5.74) is 8.58. The highest BCUT2D eigenvalue weighted by Crippen LogP contribution is 2.21. The third-order valence-corrected chi connectivity index (χ3v) is 3.20. The number of ketones is 1. The fourth-order valence-corrected chi connectivity index (χ4v) is 2.17. The molecule has 1 fully saturated rings. The number of rotatable bonds is 2. The van der Waals surface area contributed by atoms with Crippen molar-refractivity contribution < 1.29 is 4.79 Å². The van der Waals surface area contributed by atoms with Gasteiger partial charge in [-0.2, -0.15) is 0 Å². The van der Waals surface area contributed by atoms with Gasteiger partial charge in [0.2, 0.25) is 0 Å². The van der Waals surface area contributed by atoms with E-state index in [4.69, 9.17) is 17.3 Å². The van der Waals surface area contributed by atoms with E-state index >= 15 is 0 Å². The van der Waals surface area contributed by atoms with Gasteiger partial charge in [0.05, 0.1) is 17.1 Å². The van der Waals surface area contributed by atoms with Crippen LogP contribution in [0.1, 0.15) is 13.3 Å². The van der Waals surface area contributed by atoms with E-state index in [0.29, 0.717) is 23.7 Å². The molecule has 1 aromatic rings. The van der Waals surface area contributed by atoms with Gasteiger partial charge < -0.3 is 11.1 Å². The highest BCUT2D eigenvalue weighted by atomic mass is 35.5. The molecule has 5 heteroatoms. The summed E-state index contributed by atoms with van der Waals surface area (Å²) < 4.78 is 0. The minimum atomic E-state index is -0.115. The van der Waals surface area contributed by atoms with Crippen LogP contribution in [-0.4, -0.2) is 24.6 Å². The molecule has 1 heterocycles. The highest BCUT2D eigenvalue weighted by molar-refractivity contribution is 6.30. The second-order valence-electron chi connectivity index (χ2n) is 4.41.